The van der Waals surface area contributed by atoms with Crippen molar-refractivity contribution >= 4 is 42.3 Å². The van der Waals surface area contributed by atoms with Crippen molar-refractivity contribution in [1.82, 2.24) is 15.6 Å². The number of aromatic nitrogens is 1. The zero-order chi connectivity index (χ0) is 18.4. The van der Waals surface area contributed by atoms with Gasteiger partial charge in [0.25, 0.3) is 5.91 Å². The molecule has 1 atom stereocenters. The number of rotatable bonds is 6. The fraction of sp³-hybridized carbons (Fsp3) is 0.316. The Morgan fingerprint density at radius 3 is 2.75 bits per heavy atom. The van der Waals surface area contributed by atoms with Gasteiger partial charge in [-0.25, -0.2) is 0 Å². The van der Waals surface area contributed by atoms with Crippen LogP contribution in [0.3, 0.4) is 0 Å². The van der Waals surface area contributed by atoms with Crippen LogP contribution < -0.4 is 20.7 Å². The van der Waals surface area contributed by atoms with Crippen molar-refractivity contribution in [1.29, 1.82) is 0 Å². The van der Waals surface area contributed by atoms with E-state index >= 15 is 0 Å². The lowest BCUT2D eigenvalue weighted by Crippen LogP contribution is -2.27. The number of nitrogens with zero attached hydrogens (tertiary/aromatic N) is 1. The van der Waals surface area contributed by atoms with E-state index in [1.807, 2.05) is 12.1 Å². The Bertz CT molecular complexity index is 798. The number of carbonyl (C=O) groups excluding carboxylic acids is 2. The molecule has 152 valence electrons. The summed E-state index contributed by atoms with van der Waals surface area (Å²) in [6.45, 7) is 0.966. The second-order valence-electron chi connectivity index (χ2n) is 6.10. The minimum Gasteiger partial charge on any atom is -0.455 e. The zero-order valence-electron chi connectivity index (χ0n) is 15.4. The third kappa shape index (κ3) is 6.37. The summed E-state index contributed by atoms with van der Waals surface area (Å²) in [6, 6.07) is 10.7. The fourth-order valence-corrected chi connectivity index (χ4v) is 2.87. The van der Waals surface area contributed by atoms with Gasteiger partial charge in [0.2, 0.25) is 5.91 Å². The Kier molecular flexibility index (Phi) is 9.72. The number of carbonyl (C=O) groups is 2. The molecular formula is C19H24Cl2N4O3. The minimum absolute atomic E-state index is 0. The quantitative estimate of drug-likeness (QED) is 0.659. The van der Waals surface area contributed by atoms with E-state index in [1.54, 1.807) is 31.3 Å². The fourth-order valence-electron chi connectivity index (χ4n) is 2.87. The van der Waals surface area contributed by atoms with Crippen molar-refractivity contribution in [2.75, 3.05) is 18.9 Å². The first kappa shape index (κ1) is 23.7. The van der Waals surface area contributed by atoms with Crippen molar-refractivity contribution in [2.24, 2.45) is 0 Å². The molecule has 1 aliphatic heterocycles. The summed E-state index contributed by atoms with van der Waals surface area (Å²) in [6.07, 6.45) is 4.06. The highest BCUT2D eigenvalue weighted by Gasteiger charge is 2.18. The molecule has 3 rings (SSSR count). The molecule has 0 aliphatic carbocycles. The number of pyridine rings is 1. The molecule has 0 saturated carbocycles. The van der Waals surface area contributed by atoms with Crippen molar-refractivity contribution in [2.45, 2.75) is 25.3 Å². The molecule has 28 heavy (non-hydrogen) atoms. The maximum atomic E-state index is 12.3. The highest BCUT2D eigenvalue weighted by atomic mass is 35.5. The van der Waals surface area contributed by atoms with Gasteiger partial charge in [0.05, 0.1) is 5.69 Å². The van der Waals surface area contributed by atoms with Gasteiger partial charge in [0, 0.05) is 31.8 Å². The SMILES string of the molecule is CNC(=O)c1cc(Oc2ccccc2NC(=O)CC2CCCN2)ccn1.Cl.Cl. The summed E-state index contributed by atoms with van der Waals surface area (Å²) >= 11 is 0. The second kappa shape index (κ2) is 11.5. The number of hydrogen-bond donors (Lipinski definition) is 3. The van der Waals surface area contributed by atoms with Crippen LogP contribution in [0.1, 0.15) is 29.8 Å². The molecule has 0 bridgehead atoms. The summed E-state index contributed by atoms with van der Waals surface area (Å²) in [4.78, 5) is 28.0. The first-order valence-electron chi connectivity index (χ1n) is 8.64. The molecule has 2 amide bonds. The molecule has 1 aliphatic rings. The average Bonchev–Trinajstić information content (AvgIpc) is 3.16. The van der Waals surface area contributed by atoms with Gasteiger partial charge < -0.3 is 20.7 Å². The molecule has 2 heterocycles. The largest absolute Gasteiger partial charge is 0.455 e. The standard InChI is InChI=1S/C19H22N4O3.2ClH/c1-20-19(25)16-12-14(8-10-22-16)26-17-7-3-2-6-15(17)23-18(24)11-13-5-4-9-21-13;;/h2-3,6-8,10,12-13,21H,4-5,9,11H2,1H3,(H,20,25)(H,23,24);2*1H. The van der Waals surface area contributed by atoms with E-state index < -0.39 is 0 Å². The lowest BCUT2D eigenvalue weighted by molar-refractivity contribution is -0.116. The van der Waals surface area contributed by atoms with Crippen LogP contribution >= 0.6 is 24.8 Å². The first-order valence-corrected chi connectivity index (χ1v) is 8.64. The van der Waals surface area contributed by atoms with E-state index in [9.17, 15) is 9.59 Å². The summed E-state index contributed by atoms with van der Waals surface area (Å²) in [5.41, 5.74) is 0.854. The smallest absolute Gasteiger partial charge is 0.269 e. The van der Waals surface area contributed by atoms with E-state index in [-0.39, 0.29) is 48.4 Å². The Hall–Kier alpha value is -2.35. The zero-order valence-corrected chi connectivity index (χ0v) is 17.1. The van der Waals surface area contributed by atoms with Crippen LogP contribution in [0.15, 0.2) is 42.6 Å². The Balaban J connectivity index is 0.00000196. The summed E-state index contributed by atoms with van der Waals surface area (Å²) < 4.78 is 5.87. The molecule has 1 unspecified atom stereocenters. The van der Waals surface area contributed by atoms with Gasteiger partial charge in [-0.3, -0.25) is 14.6 Å². The third-order valence-electron chi connectivity index (χ3n) is 4.17. The maximum absolute atomic E-state index is 12.3. The molecule has 2 aromatic rings. The number of para-hydroxylation sites is 2. The molecular weight excluding hydrogens is 403 g/mol. The molecule has 9 heteroatoms. The molecule has 7 nitrogen and oxygen atoms in total. The number of nitrogens with one attached hydrogen (secondary N) is 3. The van der Waals surface area contributed by atoms with Crippen molar-refractivity contribution < 1.29 is 14.3 Å². The van der Waals surface area contributed by atoms with Gasteiger partial charge in [-0.2, -0.15) is 0 Å². The number of amides is 2. The summed E-state index contributed by atoms with van der Waals surface area (Å²) in [5, 5.41) is 8.74. The lowest BCUT2D eigenvalue weighted by Gasteiger charge is -2.14. The van der Waals surface area contributed by atoms with Gasteiger partial charge in [-0.15, -0.1) is 24.8 Å². The lowest BCUT2D eigenvalue weighted by atomic mass is 10.1. The minimum atomic E-state index is -0.291. The van der Waals surface area contributed by atoms with Crippen LogP contribution in [0.4, 0.5) is 5.69 Å². The third-order valence-corrected chi connectivity index (χ3v) is 4.17. The van der Waals surface area contributed by atoms with Crippen molar-refractivity contribution in [3.8, 4) is 11.5 Å². The van der Waals surface area contributed by atoms with Crippen LogP contribution in [-0.4, -0.2) is 36.4 Å². The molecule has 0 spiro atoms. The van der Waals surface area contributed by atoms with Gasteiger partial charge in [-0.1, -0.05) is 12.1 Å². The molecule has 1 aromatic carbocycles. The number of halogens is 2. The molecule has 1 fully saturated rings. The monoisotopic (exact) mass is 426 g/mol. The van der Waals surface area contributed by atoms with Gasteiger partial charge >= 0.3 is 0 Å². The average molecular weight is 427 g/mol. The highest BCUT2D eigenvalue weighted by molar-refractivity contribution is 5.93. The Morgan fingerprint density at radius 2 is 2.04 bits per heavy atom. The van der Waals surface area contributed by atoms with Gasteiger partial charge in [0.1, 0.15) is 11.4 Å². The second-order valence-corrected chi connectivity index (χ2v) is 6.10. The van der Waals surface area contributed by atoms with Crippen LogP contribution in [0.25, 0.3) is 0 Å². The highest BCUT2D eigenvalue weighted by Crippen LogP contribution is 2.29. The molecule has 1 aromatic heterocycles. The number of ether oxygens (including phenoxy) is 1. The first-order chi connectivity index (χ1) is 12.7. The predicted octanol–water partition coefficient (Wildman–Crippen LogP) is 3.16. The normalized spacial score (nSPS) is 15.0. The van der Waals surface area contributed by atoms with Crippen LogP contribution in [-0.2, 0) is 4.79 Å². The van der Waals surface area contributed by atoms with Crippen LogP contribution in [0.2, 0.25) is 0 Å². The van der Waals surface area contributed by atoms with Crippen molar-refractivity contribution in [3.63, 3.8) is 0 Å². The van der Waals surface area contributed by atoms with E-state index in [2.05, 4.69) is 20.9 Å². The Morgan fingerprint density at radius 1 is 1.25 bits per heavy atom. The number of benzene rings is 1. The molecule has 3 N–H and O–H groups in total. The van der Waals surface area contributed by atoms with Crippen LogP contribution in [0.5, 0.6) is 11.5 Å². The van der Waals surface area contributed by atoms with Gasteiger partial charge in [0.15, 0.2) is 5.75 Å². The van der Waals surface area contributed by atoms with Crippen molar-refractivity contribution in [3.05, 3.63) is 48.3 Å². The maximum Gasteiger partial charge on any atom is 0.269 e. The number of anilines is 1. The number of hydrogen-bond acceptors (Lipinski definition) is 5. The molecule has 0 radical (unpaired) electrons. The predicted molar refractivity (Wildman–Crippen MR) is 113 cm³/mol. The topological polar surface area (TPSA) is 92.4 Å². The van der Waals surface area contributed by atoms with Gasteiger partial charge in [-0.05, 0) is 37.6 Å². The summed E-state index contributed by atoms with van der Waals surface area (Å²) in [7, 11) is 1.54. The van der Waals surface area contributed by atoms with E-state index in [0.29, 0.717) is 23.6 Å². The van der Waals surface area contributed by atoms with E-state index in [0.717, 1.165) is 19.4 Å². The summed E-state index contributed by atoms with van der Waals surface area (Å²) in [5.74, 6) is 0.634. The van der Waals surface area contributed by atoms with E-state index in [1.165, 1.54) is 6.20 Å². The van der Waals surface area contributed by atoms with E-state index in [4.69, 9.17) is 4.74 Å². The molecule has 1 saturated heterocycles. The Labute approximate surface area is 176 Å². The van der Waals surface area contributed by atoms with Crippen LogP contribution in [0, 0.1) is 0 Å².